The Kier molecular flexibility index (Phi) is 6.86. The Morgan fingerprint density at radius 1 is 0.895 bits per heavy atom. The first-order valence-electron chi connectivity index (χ1n) is 13.3. The minimum atomic E-state index is -0.954. The molecule has 0 aliphatic carbocycles. The van der Waals surface area contributed by atoms with Crippen LogP contribution in [0.4, 0.5) is 4.79 Å². The molecule has 2 aromatic heterocycles. The molecule has 3 aromatic rings. The van der Waals surface area contributed by atoms with Crippen LogP contribution in [0.1, 0.15) is 60.7 Å². The number of pyridine rings is 1. The van der Waals surface area contributed by atoms with E-state index in [0.29, 0.717) is 24.2 Å². The minimum Gasteiger partial charge on any atom is -0.465 e. The number of carboxylic acid groups (broad SMARTS) is 1. The lowest BCUT2D eigenvalue weighted by Crippen LogP contribution is -2.60. The molecule has 0 bridgehead atoms. The third-order valence-corrected chi connectivity index (χ3v) is 7.73. The van der Waals surface area contributed by atoms with Gasteiger partial charge in [0.2, 0.25) is 0 Å². The van der Waals surface area contributed by atoms with Gasteiger partial charge in [-0.25, -0.2) is 9.31 Å². The highest BCUT2D eigenvalue weighted by atomic mass is 16.4. The predicted molar refractivity (Wildman–Crippen MR) is 144 cm³/mol. The smallest absolute Gasteiger partial charge is 0.407 e. The molecule has 1 aromatic carbocycles. The average Bonchev–Trinajstić information content (AvgIpc) is 3.36. The van der Waals surface area contributed by atoms with Crippen molar-refractivity contribution >= 4 is 23.4 Å². The molecule has 2 saturated heterocycles. The van der Waals surface area contributed by atoms with Gasteiger partial charge in [-0.15, -0.1) is 0 Å². The Morgan fingerprint density at radius 2 is 1.63 bits per heavy atom. The van der Waals surface area contributed by atoms with E-state index in [1.165, 1.54) is 4.90 Å². The Bertz CT molecular complexity index is 1370. The molecule has 0 radical (unpaired) electrons. The van der Waals surface area contributed by atoms with E-state index in [4.69, 9.17) is 0 Å². The van der Waals surface area contributed by atoms with Crippen molar-refractivity contribution in [1.82, 2.24) is 24.3 Å². The van der Waals surface area contributed by atoms with Crippen LogP contribution in [0.5, 0.6) is 0 Å². The number of aromatic nitrogens is 2. The number of nitrogens with zero attached hydrogens (tertiary/aromatic N) is 5. The lowest BCUT2D eigenvalue weighted by atomic mass is 9.84. The summed E-state index contributed by atoms with van der Waals surface area (Å²) in [6, 6.07) is 12.9. The summed E-state index contributed by atoms with van der Waals surface area (Å²) in [5.74, 6) is -0.116. The van der Waals surface area contributed by atoms with Crippen molar-refractivity contribution in [3.8, 4) is 11.3 Å². The summed E-state index contributed by atoms with van der Waals surface area (Å²) < 4.78 is 1.77. The molecule has 2 fully saturated rings. The van der Waals surface area contributed by atoms with E-state index in [0.717, 1.165) is 49.1 Å². The highest BCUT2D eigenvalue weighted by Gasteiger charge is 2.39. The number of carbonyl (C=O) groups excluding carboxylic acids is 2. The third kappa shape index (κ3) is 4.85. The van der Waals surface area contributed by atoms with Crippen LogP contribution in [-0.2, 0) is 0 Å². The highest BCUT2D eigenvalue weighted by Crippen LogP contribution is 2.29. The van der Waals surface area contributed by atoms with Gasteiger partial charge in [0.15, 0.2) is 0 Å². The first-order valence-corrected chi connectivity index (χ1v) is 13.3. The summed E-state index contributed by atoms with van der Waals surface area (Å²) in [6.45, 7) is 8.51. The van der Waals surface area contributed by atoms with E-state index in [1.807, 2.05) is 62.1 Å². The number of piperazine rings is 1. The zero-order valence-corrected chi connectivity index (χ0v) is 22.3. The van der Waals surface area contributed by atoms with E-state index in [2.05, 4.69) is 5.10 Å². The molecule has 3 amide bonds. The van der Waals surface area contributed by atoms with E-state index < -0.39 is 6.09 Å². The predicted octanol–water partition coefficient (Wildman–Crippen LogP) is 4.48. The van der Waals surface area contributed by atoms with Gasteiger partial charge < -0.3 is 19.8 Å². The molecule has 200 valence electrons. The fourth-order valence-corrected chi connectivity index (χ4v) is 5.59. The molecule has 4 heterocycles. The molecule has 0 saturated carbocycles. The largest absolute Gasteiger partial charge is 0.465 e. The zero-order chi connectivity index (χ0) is 27.0. The maximum Gasteiger partial charge on any atom is 0.407 e. The Morgan fingerprint density at radius 3 is 2.34 bits per heavy atom. The fourth-order valence-electron chi connectivity index (χ4n) is 5.59. The van der Waals surface area contributed by atoms with Gasteiger partial charge in [-0.05, 0) is 48.9 Å². The number of benzene rings is 1. The van der Waals surface area contributed by atoms with Gasteiger partial charge in [-0.1, -0.05) is 39.0 Å². The Balaban J connectivity index is 1.42. The number of carbonyl (C=O) groups is 3. The molecule has 38 heavy (non-hydrogen) atoms. The fraction of sp³-hybridized carbons (Fsp3) is 0.448. The number of amides is 3. The number of hydrogen-bond donors (Lipinski definition) is 1. The molecule has 1 atom stereocenters. The van der Waals surface area contributed by atoms with E-state index in [-0.39, 0.29) is 29.8 Å². The minimum absolute atomic E-state index is 0.00897. The van der Waals surface area contributed by atoms with Crippen molar-refractivity contribution in [2.24, 2.45) is 5.41 Å². The summed E-state index contributed by atoms with van der Waals surface area (Å²) in [6.07, 6.45) is 3.89. The lowest BCUT2D eigenvalue weighted by Gasteiger charge is -2.45. The molecular formula is C29H35N5O4. The van der Waals surface area contributed by atoms with Crippen molar-refractivity contribution < 1.29 is 19.5 Å². The quantitative estimate of drug-likeness (QED) is 0.553. The van der Waals surface area contributed by atoms with Crippen molar-refractivity contribution in [2.45, 2.75) is 46.1 Å². The summed E-state index contributed by atoms with van der Waals surface area (Å²) in [5, 5.41) is 14.2. The van der Waals surface area contributed by atoms with Gasteiger partial charge in [0.05, 0.1) is 29.0 Å². The second-order valence-electron chi connectivity index (χ2n) is 11.3. The summed E-state index contributed by atoms with van der Waals surface area (Å²) in [7, 11) is 0. The highest BCUT2D eigenvalue weighted by molar-refractivity contribution is 6.01. The topological polar surface area (TPSA) is 98.5 Å². The monoisotopic (exact) mass is 517 g/mol. The second kappa shape index (κ2) is 10.1. The van der Waals surface area contributed by atoms with Gasteiger partial charge >= 0.3 is 6.09 Å². The van der Waals surface area contributed by atoms with Crippen LogP contribution in [0.25, 0.3) is 16.8 Å². The van der Waals surface area contributed by atoms with Gasteiger partial charge in [0.1, 0.15) is 0 Å². The maximum atomic E-state index is 13.6. The molecule has 1 unspecified atom stereocenters. The van der Waals surface area contributed by atoms with Gasteiger partial charge in [0, 0.05) is 43.9 Å². The standard InChI is InChI=1S/C29H35N5O4/c1-29(2,3)25-19-32(15-16-33(25)28(37)38)26(35)21-10-7-9-20(17-21)23-11-8-12-24-22(18-30-34(23)24)27(36)31-13-5-4-6-14-31/h7-12,17-18,25H,4-6,13-16,19H2,1-3H3,(H,37,38). The van der Waals surface area contributed by atoms with E-state index in [9.17, 15) is 19.5 Å². The van der Waals surface area contributed by atoms with Crippen LogP contribution in [0.3, 0.4) is 0 Å². The molecule has 2 aliphatic heterocycles. The van der Waals surface area contributed by atoms with Crippen LogP contribution < -0.4 is 0 Å². The summed E-state index contributed by atoms with van der Waals surface area (Å²) in [5.41, 5.74) is 3.17. The van der Waals surface area contributed by atoms with Crippen LogP contribution in [0.15, 0.2) is 48.7 Å². The van der Waals surface area contributed by atoms with Gasteiger partial charge in [-0.2, -0.15) is 5.10 Å². The molecule has 9 nitrogen and oxygen atoms in total. The molecule has 9 heteroatoms. The average molecular weight is 518 g/mol. The lowest BCUT2D eigenvalue weighted by molar-refractivity contribution is 0.0198. The second-order valence-corrected chi connectivity index (χ2v) is 11.3. The van der Waals surface area contributed by atoms with Crippen LogP contribution in [0, 0.1) is 5.41 Å². The molecule has 2 aliphatic rings. The van der Waals surface area contributed by atoms with Gasteiger partial charge in [-0.3, -0.25) is 9.59 Å². The maximum absolute atomic E-state index is 13.6. The molecule has 5 rings (SSSR count). The number of piperidine rings is 1. The number of likely N-dealkylation sites (tertiary alicyclic amines) is 1. The SMILES string of the molecule is CC(C)(C)C1CN(C(=O)c2cccc(-c3cccc4c(C(=O)N5CCCCC5)cnn34)c2)CCN1C(=O)O. The van der Waals surface area contributed by atoms with Crippen LogP contribution in [0.2, 0.25) is 0 Å². The van der Waals surface area contributed by atoms with Crippen LogP contribution >= 0.6 is 0 Å². The summed E-state index contributed by atoms with van der Waals surface area (Å²) in [4.78, 5) is 43.6. The zero-order valence-electron chi connectivity index (χ0n) is 22.3. The van der Waals surface area contributed by atoms with E-state index >= 15 is 0 Å². The molecular weight excluding hydrogens is 482 g/mol. The number of hydrogen-bond acceptors (Lipinski definition) is 4. The normalized spacial score (nSPS) is 18.6. The molecule has 0 spiro atoms. The van der Waals surface area contributed by atoms with Crippen molar-refractivity contribution in [1.29, 1.82) is 0 Å². The van der Waals surface area contributed by atoms with Crippen molar-refractivity contribution in [3.63, 3.8) is 0 Å². The van der Waals surface area contributed by atoms with Crippen LogP contribution in [-0.4, -0.2) is 86.1 Å². The number of fused-ring (bicyclic) bond motifs is 1. The molecule has 1 N–H and O–H groups in total. The first kappa shape index (κ1) is 25.8. The first-order chi connectivity index (χ1) is 18.1. The third-order valence-electron chi connectivity index (χ3n) is 7.73. The summed E-state index contributed by atoms with van der Waals surface area (Å²) >= 11 is 0. The Labute approximate surface area is 222 Å². The van der Waals surface area contributed by atoms with Gasteiger partial charge in [0.25, 0.3) is 11.8 Å². The van der Waals surface area contributed by atoms with E-state index in [1.54, 1.807) is 21.7 Å². The Hall–Kier alpha value is -3.88. The van der Waals surface area contributed by atoms with Crippen molar-refractivity contribution in [2.75, 3.05) is 32.7 Å². The van der Waals surface area contributed by atoms with Crippen molar-refractivity contribution in [3.05, 3.63) is 59.8 Å². The number of rotatable bonds is 3.